The third-order valence-corrected chi connectivity index (χ3v) is 5.16. The van der Waals surface area contributed by atoms with Crippen molar-refractivity contribution >= 4 is 17.4 Å². The van der Waals surface area contributed by atoms with Gasteiger partial charge in [0.2, 0.25) is 17.5 Å². The summed E-state index contributed by atoms with van der Waals surface area (Å²) >= 11 is 0. The first-order chi connectivity index (χ1) is 15.1. The van der Waals surface area contributed by atoms with E-state index in [1.807, 2.05) is 67.2 Å². The minimum Gasteiger partial charge on any atom is -0.314 e. The smallest absolute Gasteiger partial charge is 0.226 e. The highest BCUT2D eigenvalue weighted by Gasteiger charge is 2.19. The molecule has 0 radical (unpaired) electrons. The average molecular weight is 420 g/mol. The Labute approximate surface area is 183 Å². The highest BCUT2D eigenvalue weighted by molar-refractivity contribution is 5.94. The molecule has 2 aliphatic rings. The van der Waals surface area contributed by atoms with Gasteiger partial charge in [0, 0.05) is 39.1 Å². The number of pyridine rings is 1. The zero-order valence-electron chi connectivity index (χ0n) is 18.2. The van der Waals surface area contributed by atoms with Crippen LogP contribution in [0.25, 0.3) is 0 Å². The summed E-state index contributed by atoms with van der Waals surface area (Å²) in [5.41, 5.74) is 2.00. The van der Waals surface area contributed by atoms with Gasteiger partial charge in [-0.15, -0.1) is 5.10 Å². The number of anilines is 1. The first-order valence-corrected chi connectivity index (χ1v) is 10.8. The molecule has 0 N–H and O–H groups in total. The molecule has 3 aromatic rings. The van der Waals surface area contributed by atoms with Gasteiger partial charge in [0.1, 0.15) is 5.82 Å². The fourth-order valence-corrected chi connectivity index (χ4v) is 3.42. The van der Waals surface area contributed by atoms with E-state index in [9.17, 15) is 9.59 Å². The van der Waals surface area contributed by atoms with Gasteiger partial charge in [0.25, 0.3) is 0 Å². The Morgan fingerprint density at radius 2 is 1.71 bits per heavy atom. The number of rotatable bonds is 2. The third-order valence-electron chi connectivity index (χ3n) is 5.16. The third kappa shape index (κ3) is 6.07. The molecule has 0 spiro atoms. The molecule has 1 amide bonds. The summed E-state index contributed by atoms with van der Waals surface area (Å²) in [6.45, 7) is 2.74. The normalized spacial score (nSPS) is 14.3. The second-order valence-corrected chi connectivity index (χ2v) is 7.39. The number of carbonyl (C=O) groups excluding carboxylic acids is 2. The lowest BCUT2D eigenvalue weighted by molar-refractivity contribution is -0.118. The van der Waals surface area contributed by atoms with Gasteiger partial charge < -0.3 is 4.90 Å². The molecular formula is C24H29N5O2. The molecule has 4 heterocycles. The molecule has 2 aromatic heterocycles. The number of carbonyl (C=O) groups is 2. The summed E-state index contributed by atoms with van der Waals surface area (Å²) < 4.78 is 1.84. The van der Waals surface area contributed by atoms with Crippen LogP contribution in [0.5, 0.6) is 0 Å². The summed E-state index contributed by atoms with van der Waals surface area (Å²) in [6, 6.07) is 15.8. The maximum Gasteiger partial charge on any atom is 0.226 e. The summed E-state index contributed by atoms with van der Waals surface area (Å²) in [6.07, 6.45) is 6.79. The van der Waals surface area contributed by atoms with Crippen LogP contribution in [0.15, 0.2) is 54.7 Å². The van der Waals surface area contributed by atoms with Crippen LogP contribution >= 0.6 is 0 Å². The summed E-state index contributed by atoms with van der Waals surface area (Å²) in [7, 11) is 1.81. The molecular weight excluding hydrogens is 390 g/mol. The Balaban J connectivity index is 0.000000140. The van der Waals surface area contributed by atoms with Crippen molar-refractivity contribution < 1.29 is 9.59 Å². The Bertz CT molecular complexity index is 952. The molecule has 7 heteroatoms. The monoisotopic (exact) mass is 419 g/mol. The van der Waals surface area contributed by atoms with E-state index in [0.717, 1.165) is 49.4 Å². The van der Waals surface area contributed by atoms with Gasteiger partial charge in [-0.25, -0.2) is 9.67 Å². The number of ketones is 1. The summed E-state index contributed by atoms with van der Waals surface area (Å²) in [4.78, 5) is 32.8. The maximum absolute atomic E-state index is 11.5. The first kappa shape index (κ1) is 22.3. The summed E-state index contributed by atoms with van der Waals surface area (Å²) in [5.74, 6) is 1.59. The predicted molar refractivity (Wildman–Crippen MR) is 120 cm³/mol. The molecule has 0 unspecified atom stereocenters. The molecule has 0 bridgehead atoms. The van der Waals surface area contributed by atoms with Gasteiger partial charge in [0.15, 0.2) is 0 Å². The topological polar surface area (TPSA) is 81.0 Å². The molecule has 0 fully saturated rings. The van der Waals surface area contributed by atoms with Crippen LogP contribution in [0.2, 0.25) is 0 Å². The fraction of sp³-hybridized carbons (Fsp3) is 0.375. The van der Waals surface area contributed by atoms with Gasteiger partial charge >= 0.3 is 0 Å². The van der Waals surface area contributed by atoms with E-state index < -0.39 is 0 Å². The Morgan fingerprint density at radius 1 is 1.00 bits per heavy atom. The Kier molecular flexibility index (Phi) is 8.04. The molecule has 7 nitrogen and oxygen atoms in total. The largest absolute Gasteiger partial charge is 0.314 e. The molecule has 162 valence electrons. The molecule has 5 rings (SSSR count). The van der Waals surface area contributed by atoms with E-state index in [1.54, 1.807) is 11.1 Å². The van der Waals surface area contributed by atoms with E-state index >= 15 is 0 Å². The first-order valence-electron chi connectivity index (χ1n) is 10.8. The van der Waals surface area contributed by atoms with Gasteiger partial charge in [-0.3, -0.25) is 14.6 Å². The zero-order valence-corrected chi connectivity index (χ0v) is 18.2. The van der Waals surface area contributed by atoms with Crippen LogP contribution in [0, 0.1) is 0 Å². The van der Waals surface area contributed by atoms with Crippen molar-refractivity contribution in [1.29, 1.82) is 0 Å². The zero-order chi connectivity index (χ0) is 22.1. The van der Waals surface area contributed by atoms with Crippen molar-refractivity contribution in [3.8, 4) is 0 Å². The molecule has 0 saturated heterocycles. The van der Waals surface area contributed by atoms with Crippen molar-refractivity contribution in [3.63, 3.8) is 0 Å². The Morgan fingerprint density at radius 3 is 2.35 bits per heavy atom. The van der Waals surface area contributed by atoms with Gasteiger partial charge in [0.05, 0.1) is 11.4 Å². The van der Waals surface area contributed by atoms with E-state index in [-0.39, 0.29) is 11.7 Å². The van der Waals surface area contributed by atoms with Crippen molar-refractivity contribution in [2.24, 2.45) is 0 Å². The quantitative estimate of drug-likeness (QED) is 0.589. The van der Waals surface area contributed by atoms with E-state index in [1.165, 1.54) is 0 Å². The van der Waals surface area contributed by atoms with E-state index in [4.69, 9.17) is 0 Å². The second-order valence-electron chi connectivity index (χ2n) is 7.39. The van der Waals surface area contributed by atoms with Crippen molar-refractivity contribution in [2.45, 2.75) is 52.0 Å². The number of fused-ring (bicyclic) bond motifs is 2. The number of aromatic nitrogens is 4. The minimum atomic E-state index is 0.0388. The van der Waals surface area contributed by atoms with Crippen LogP contribution in [-0.4, -0.2) is 38.5 Å². The van der Waals surface area contributed by atoms with Crippen LogP contribution in [-0.2, 0) is 24.2 Å². The number of Topliss-reactive ketones (excluding diaryl/α,β-unsaturated/α-hetero) is 1. The number of hydrogen-bond donors (Lipinski definition) is 0. The number of aryl methyl sites for hydroxylation is 3. The fourth-order valence-electron chi connectivity index (χ4n) is 3.42. The lowest BCUT2D eigenvalue weighted by Gasteiger charge is -2.15. The number of hydrogen-bond acceptors (Lipinski definition) is 5. The maximum atomic E-state index is 11.5. The second kappa shape index (κ2) is 11.2. The average Bonchev–Trinajstić information content (AvgIpc) is 3.39. The van der Waals surface area contributed by atoms with Gasteiger partial charge in [-0.1, -0.05) is 43.3 Å². The van der Waals surface area contributed by atoms with Crippen molar-refractivity contribution in [1.82, 2.24) is 19.7 Å². The van der Waals surface area contributed by atoms with Crippen LogP contribution < -0.4 is 4.90 Å². The highest BCUT2D eigenvalue weighted by atomic mass is 16.2. The van der Waals surface area contributed by atoms with E-state index in [0.29, 0.717) is 18.7 Å². The SMILES string of the molecule is CCC(=O)c1nc2n(n1)CCC2.CN1C(=O)CCCc2ncccc21.c1ccccc1. The predicted octanol–water partition coefficient (Wildman–Crippen LogP) is 3.88. The molecule has 0 saturated carbocycles. The van der Waals surface area contributed by atoms with Crippen molar-refractivity contribution in [3.05, 3.63) is 72.1 Å². The van der Waals surface area contributed by atoms with Crippen molar-refractivity contribution in [2.75, 3.05) is 11.9 Å². The van der Waals surface area contributed by atoms with Crippen LogP contribution in [0.3, 0.4) is 0 Å². The Hall–Kier alpha value is -3.35. The molecule has 0 atom stereocenters. The number of amides is 1. The molecule has 2 aliphatic heterocycles. The lowest BCUT2D eigenvalue weighted by atomic mass is 10.2. The standard InChI is InChI=1S/C10H12N2O.C8H11N3O.C6H6/c1-12-9-5-3-7-11-8(9)4-2-6-10(12)13;1-2-6(12)8-9-7-4-3-5-11(7)10-8;1-2-4-6-5-3-1/h3,5,7H,2,4,6H2,1H3;2-5H2,1H3;1-6H. The van der Waals surface area contributed by atoms with Crippen LogP contribution in [0.4, 0.5) is 5.69 Å². The highest BCUT2D eigenvalue weighted by Crippen LogP contribution is 2.23. The lowest BCUT2D eigenvalue weighted by Crippen LogP contribution is -2.25. The minimum absolute atomic E-state index is 0.0388. The number of benzene rings is 1. The van der Waals surface area contributed by atoms with Crippen LogP contribution in [0.1, 0.15) is 54.7 Å². The summed E-state index contributed by atoms with van der Waals surface area (Å²) in [5, 5.41) is 4.12. The van der Waals surface area contributed by atoms with E-state index in [2.05, 4.69) is 15.1 Å². The number of nitrogens with zero attached hydrogens (tertiary/aromatic N) is 5. The molecule has 1 aromatic carbocycles. The molecule has 31 heavy (non-hydrogen) atoms. The van der Waals surface area contributed by atoms with Gasteiger partial charge in [-0.2, -0.15) is 0 Å². The molecule has 0 aliphatic carbocycles. The van der Waals surface area contributed by atoms with Gasteiger partial charge in [-0.05, 0) is 31.4 Å².